The molecular weight excluding hydrogens is 328 g/mol. The van der Waals surface area contributed by atoms with E-state index in [9.17, 15) is 24.6 Å². The fourth-order valence-corrected chi connectivity index (χ4v) is 2.78. The van der Waals surface area contributed by atoms with Crippen molar-refractivity contribution in [3.05, 3.63) is 56.2 Å². The van der Waals surface area contributed by atoms with E-state index in [4.69, 9.17) is 0 Å². The zero-order chi connectivity index (χ0) is 18.3. The number of hydrogen-bond acceptors (Lipinski definition) is 6. The Bertz CT molecular complexity index is 987. The number of aromatic nitrogens is 2. The van der Waals surface area contributed by atoms with Crippen LogP contribution in [0.2, 0.25) is 0 Å². The third kappa shape index (κ3) is 2.80. The standard InChI is InChI=1S/C16H16N4O5/c1-8(21)20-12(9-3-5-10(22)6-4-9)7-11(18-20)13-14(23)17-16(25)19(2)15(13)24/h3-6,12,22,24H,7H2,1-2H3,(H,17,23,25)/t12-/m1/s1. The third-order valence-electron chi connectivity index (χ3n) is 4.09. The van der Waals surface area contributed by atoms with Gasteiger partial charge in [0.25, 0.3) is 5.56 Å². The van der Waals surface area contributed by atoms with E-state index in [0.29, 0.717) is 5.56 Å². The molecule has 0 saturated heterocycles. The normalized spacial score (nSPS) is 16.8. The maximum Gasteiger partial charge on any atom is 0.330 e. The molecule has 0 radical (unpaired) electrons. The first-order valence-corrected chi connectivity index (χ1v) is 7.48. The Labute approximate surface area is 141 Å². The average Bonchev–Trinajstić information content (AvgIpc) is 2.98. The lowest BCUT2D eigenvalue weighted by molar-refractivity contribution is -0.130. The van der Waals surface area contributed by atoms with Crippen LogP contribution in [0.15, 0.2) is 39.0 Å². The van der Waals surface area contributed by atoms with E-state index in [1.54, 1.807) is 12.1 Å². The van der Waals surface area contributed by atoms with Crippen LogP contribution < -0.4 is 11.2 Å². The van der Waals surface area contributed by atoms with Crippen molar-refractivity contribution < 1.29 is 15.0 Å². The van der Waals surface area contributed by atoms with Crippen molar-refractivity contribution in [3.63, 3.8) is 0 Å². The van der Waals surface area contributed by atoms with Crippen LogP contribution in [0.4, 0.5) is 0 Å². The van der Waals surface area contributed by atoms with Gasteiger partial charge >= 0.3 is 5.69 Å². The van der Waals surface area contributed by atoms with Gasteiger partial charge < -0.3 is 10.2 Å². The molecule has 0 unspecified atom stereocenters. The molecule has 1 aromatic carbocycles. The Hall–Kier alpha value is -3.36. The molecule has 2 aromatic rings. The number of H-pyrrole nitrogens is 1. The number of carbonyl (C=O) groups is 1. The fraction of sp³-hybridized carbons (Fsp3) is 0.250. The molecule has 3 rings (SSSR count). The minimum atomic E-state index is -0.769. The maximum absolute atomic E-state index is 12.1. The number of amides is 1. The lowest BCUT2D eigenvalue weighted by Crippen LogP contribution is -2.32. The molecule has 0 aliphatic carbocycles. The summed E-state index contributed by atoms with van der Waals surface area (Å²) in [6.45, 7) is 1.34. The largest absolute Gasteiger partial charge is 0.508 e. The number of aromatic amines is 1. The van der Waals surface area contributed by atoms with Crippen LogP contribution in [-0.2, 0) is 11.8 Å². The summed E-state index contributed by atoms with van der Waals surface area (Å²) in [5, 5.41) is 25.0. The van der Waals surface area contributed by atoms with Crippen molar-refractivity contribution >= 4 is 11.6 Å². The molecule has 0 saturated carbocycles. The third-order valence-corrected chi connectivity index (χ3v) is 4.09. The van der Waals surface area contributed by atoms with E-state index in [0.717, 1.165) is 4.57 Å². The second-order valence-electron chi connectivity index (χ2n) is 5.74. The summed E-state index contributed by atoms with van der Waals surface area (Å²) in [7, 11) is 1.31. The molecule has 25 heavy (non-hydrogen) atoms. The Balaban J connectivity index is 2.08. The predicted molar refractivity (Wildman–Crippen MR) is 88.5 cm³/mol. The van der Waals surface area contributed by atoms with Gasteiger partial charge in [0, 0.05) is 20.4 Å². The summed E-state index contributed by atoms with van der Waals surface area (Å²) in [5.74, 6) is -0.763. The highest BCUT2D eigenvalue weighted by Crippen LogP contribution is 2.33. The molecule has 1 aromatic heterocycles. The number of aromatic hydroxyl groups is 2. The monoisotopic (exact) mass is 344 g/mol. The summed E-state index contributed by atoms with van der Waals surface area (Å²) in [6.07, 6.45) is 0.180. The smallest absolute Gasteiger partial charge is 0.330 e. The van der Waals surface area contributed by atoms with Gasteiger partial charge in [0.05, 0.1) is 11.8 Å². The Morgan fingerprint density at radius 3 is 2.48 bits per heavy atom. The molecule has 2 heterocycles. The molecule has 1 atom stereocenters. The number of phenols is 1. The second kappa shape index (κ2) is 5.93. The zero-order valence-corrected chi connectivity index (χ0v) is 13.6. The van der Waals surface area contributed by atoms with Gasteiger partial charge in [0.2, 0.25) is 11.8 Å². The Morgan fingerprint density at radius 1 is 1.24 bits per heavy atom. The molecular formula is C16H16N4O5. The van der Waals surface area contributed by atoms with Crippen molar-refractivity contribution in [3.8, 4) is 11.6 Å². The summed E-state index contributed by atoms with van der Waals surface area (Å²) < 4.78 is 0.894. The highest BCUT2D eigenvalue weighted by atomic mass is 16.3. The molecule has 0 spiro atoms. The minimum Gasteiger partial charge on any atom is -0.508 e. The number of benzene rings is 1. The summed E-state index contributed by atoms with van der Waals surface area (Å²) in [4.78, 5) is 37.7. The molecule has 9 nitrogen and oxygen atoms in total. The number of rotatable bonds is 2. The maximum atomic E-state index is 12.1. The number of hydrogen-bond donors (Lipinski definition) is 3. The molecule has 0 fully saturated rings. The van der Waals surface area contributed by atoms with E-state index >= 15 is 0 Å². The highest BCUT2D eigenvalue weighted by molar-refractivity contribution is 6.04. The van der Waals surface area contributed by atoms with Gasteiger partial charge in [-0.25, -0.2) is 9.80 Å². The molecule has 1 amide bonds. The first kappa shape index (κ1) is 16.5. The lowest BCUT2D eigenvalue weighted by atomic mass is 9.99. The first-order chi connectivity index (χ1) is 11.8. The van der Waals surface area contributed by atoms with Crippen LogP contribution in [-0.4, -0.2) is 36.4 Å². The average molecular weight is 344 g/mol. The van der Waals surface area contributed by atoms with Gasteiger partial charge in [-0.2, -0.15) is 5.10 Å². The molecule has 1 aliphatic rings. The van der Waals surface area contributed by atoms with Gasteiger partial charge in [-0.05, 0) is 17.7 Å². The van der Waals surface area contributed by atoms with Crippen LogP contribution in [0.1, 0.15) is 30.5 Å². The number of nitrogens with one attached hydrogen (secondary N) is 1. The number of hydrazone groups is 1. The first-order valence-electron chi connectivity index (χ1n) is 7.48. The van der Waals surface area contributed by atoms with Crippen molar-refractivity contribution in [1.29, 1.82) is 0 Å². The van der Waals surface area contributed by atoms with Gasteiger partial charge in [-0.3, -0.25) is 19.1 Å². The zero-order valence-electron chi connectivity index (χ0n) is 13.6. The number of carbonyl (C=O) groups excluding carboxylic acids is 1. The van der Waals surface area contributed by atoms with E-state index < -0.39 is 23.2 Å². The van der Waals surface area contributed by atoms with Gasteiger partial charge in [-0.1, -0.05) is 12.1 Å². The van der Waals surface area contributed by atoms with Crippen LogP contribution in [0.3, 0.4) is 0 Å². The van der Waals surface area contributed by atoms with Crippen LogP contribution >= 0.6 is 0 Å². The van der Waals surface area contributed by atoms with Crippen molar-refractivity contribution in [2.24, 2.45) is 12.1 Å². The van der Waals surface area contributed by atoms with E-state index in [1.165, 1.54) is 31.1 Å². The molecule has 0 bridgehead atoms. The second-order valence-corrected chi connectivity index (χ2v) is 5.74. The highest BCUT2D eigenvalue weighted by Gasteiger charge is 2.34. The number of phenolic OH excluding ortho intramolecular Hbond substituents is 1. The molecule has 1 aliphatic heterocycles. The SMILES string of the molecule is CC(=O)N1N=C(c2c(O)n(C)c(=O)[nH]c2=O)C[C@@H]1c1ccc(O)cc1. The van der Waals surface area contributed by atoms with Gasteiger partial charge in [-0.15, -0.1) is 0 Å². The topological polar surface area (TPSA) is 128 Å². The minimum absolute atomic E-state index is 0.0874. The van der Waals surface area contributed by atoms with Gasteiger partial charge in [0.1, 0.15) is 11.3 Å². The van der Waals surface area contributed by atoms with Crippen molar-refractivity contribution in [2.45, 2.75) is 19.4 Å². The van der Waals surface area contributed by atoms with Gasteiger partial charge in [0.15, 0.2) is 0 Å². The predicted octanol–water partition coefficient (Wildman–Crippen LogP) is 0.182. The Morgan fingerprint density at radius 2 is 1.88 bits per heavy atom. The Kier molecular flexibility index (Phi) is 3.91. The van der Waals surface area contributed by atoms with Crippen molar-refractivity contribution in [1.82, 2.24) is 14.6 Å². The van der Waals surface area contributed by atoms with E-state index in [-0.39, 0.29) is 29.4 Å². The van der Waals surface area contributed by atoms with Crippen LogP contribution in [0, 0.1) is 0 Å². The lowest BCUT2D eigenvalue weighted by Gasteiger charge is -2.20. The molecule has 3 N–H and O–H groups in total. The van der Waals surface area contributed by atoms with Crippen LogP contribution in [0.25, 0.3) is 0 Å². The van der Waals surface area contributed by atoms with Crippen LogP contribution in [0.5, 0.6) is 11.6 Å². The summed E-state index contributed by atoms with van der Waals surface area (Å²) in [6, 6.07) is 5.80. The number of nitrogens with zero attached hydrogens (tertiary/aromatic N) is 3. The van der Waals surface area contributed by atoms with E-state index in [2.05, 4.69) is 10.1 Å². The quantitative estimate of drug-likeness (QED) is 0.716. The fourth-order valence-electron chi connectivity index (χ4n) is 2.78. The van der Waals surface area contributed by atoms with E-state index in [1.807, 2.05) is 0 Å². The summed E-state index contributed by atoms with van der Waals surface area (Å²) >= 11 is 0. The van der Waals surface area contributed by atoms with Crippen molar-refractivity contribution in [2.75, 3.05) is 0 Å². The molecule has 130 valence electrons. The summed E-state index contributed by atoms with van der Waals surface area (Å²) in [5.41, 5.74) is -0.748. The molecule has 9 heteroatoms.